The Morgan fingerprint density at radius 2 is 2.19 bits per heavy atom. The van der Waals surface area contributed by atoms with Crippen LogP contribution in [0.15, 0.2) is 28.7 Å². The van der Waals surface area contributed by atoms with Crippen molar-refractivity contribution in [3.05, 3.63) is 34.3 Å². The Morgan fingerprint density at radius 1 is 1.38 bits per heavy atom. The molecule has 1 N–H and O–H groups in total. The lowest BCUT2D eigenvalue weighted by Crippen LogP contribution is -2.54. The van der Waals surface area contributed by atoms with Gasteiger partial charge in [-0.25, -0.2) is 0 Å². The average molecular weight is 353 g/mol. The largest absolute Gasteiger partial charge is 0.374 e. The lowest BCUT2D eigenvalue weighted by molar-refractivity contribution is -0.0641. The molecule has 3 unspecified atom stereocenters. The summed E-state index contributed by atoms with van der Waals surface area (Å²) in [6.45, 7) is 6.41. The molecule has 2 fully saturated rings. The van der Waals surface area contributed by atoms with Crippen molar-refractivity contribution in [1.29, 1.82) is 0 Å². The molecular weight excluding hydrogens is 328 g/mol. The number of hydrogen-bond donors (Lipinski definition) is 1. The van der Waals surface area contributed by atoms with Gasteiger partial charge in [0.15, 0.2) is 0 Å². The van der Waals surface area contributed by atoms with Gasteiger partial charge in [0, 0.05) is 23.1 Å². The number of halogens is 1. The van der Waals surface area contributed by atoms with Crippen LogP contribution >= 0.6 is 15.9 Å². The van der Waals surface area contributed by atoms with E-state index in [1.807, 2.05) is 0 Å². The predicted molar refractivity (Wildman–Crippen MR) is 89.6 cm³/mol. The molecule has 3 rings (SSSR count). The third-order valence-corrected chi connectivity index (χ3v) is 5.23. The first-order valence-electron chi connectivity index (χ1n) is 8.09. The van der Waals surface area contributed by atoms with Gasteiger partial charge in [0.2, 0.25) is 0 Å². The highest BCUT2D eigenvalue weighted by molar-refractivity contribution is 9.10. The molecule has 0 spiro atoms. The molecule has 1 aromatic rings. The molecule has 0 saturated carbocycles. The minimum atomic E-state index is 0.308. The van der Waals surface area contributed by atoms with Crippen molar-refractivity contribution in [3.63, 3.8) is 0 Å². The maximum Gasteiger partial charge on any atom is 0.0858 e. The van der Waals surface area contributed by atoms with Crippen LogP contribution in [0.4, 0.5) is 0 Å². The summed E-state index contributed by atoms with van der Waals surface area (Å²) in [7, 11) is 0. The number of ether oxygens (including phenoxy) is 1. The fraction of sp³-hybridized carbons (Fsp3) is 0.647. The molecule has 3 atom stereocenters. The van der Waals surface area contributed by atoms with Crippen molar-refractivity contribution < 1.29 is 4.74 Å². The van der Waals surface area contributed by atoms with Gasteiger partial charge >= 0.3 is 0 Å². The molecule has 0 amide bonds. The highest BCUT2D eigenvalue weighted by atomic mass is 79.9. The van der Waals surface area contributed by atoms with E-state index in [1.165, 1.54) is 24.9 Å². The van der Waals surface area contributed by atoms with Crippen LogP contribution in [0.1, 0.15) is 25.3 Å². The van der Waals surface area contributed by atoms with Crippen LogP contribution in [-0.4, -0.2) is 49.3 Å². The maximum absolute atomic E-state index is 6.19. The normalized spacial score (nSPS) is 27.5. The molecule has 2 heterocycles. The quantitative estimate of drug-likeness (QED) is 0.881. The zero-order chi connectivity index (χ0) is 14.7. The van der Waals surface area contributed by atoms with Gasteiger partial charge in [-0.3, -0.25) is 4.90 Å². The van der Waals surface area contributed by atoms with Gasteiger partial charge in [0.1, 0.15) is 0 Å². The summed E-state index contributed by atoms with van der Waals surface area (Å²) in [5.74, 6) is 0. The number of rotatable bonds is 5. The van der Waals surface area contributed by atoms with Crippen molar-refractivity contribution in [3.8, 4) is 0 Å². The molecule has 2 aliphatic heterocycles. The molecule has 116 valence electrons. The second-order valence-corrected chi connectivity index (χ2v) is 7.07. The Morgan fingerprint density at radius 3 is 2.95 bits per heavy atom. The van der Waals surface area contributed by atoms with Crippen molar-refractivity contribution >= 4 is 15.9 Å². The zero-order valence-electron chi connectivity index (χ0n) is 12.7. The predicted octanol–water partition coefficient (Wildman–Crippen LogP) is 2.83. The average Bonchev–Trinajstić information content (AvgIpc) is 2.96. The van der Waals surface area contributed by atoms with Crippen LogP contribution < -0.4 is 5.32 Å². The van der Waals surface area contributed by atoms with Crippen molar-refractivity contribution in [2.75, 3.05) is 26.2 Å². The van der Waals surface area contributed by atoms with Gasteiger partial charge in [-0.1, -0.05) is 35.0 Å². The molecule has 0 aliphatic carbocycles. The zero-order valence-corrected chi connectivity index (χ0v) is 14.3. The molecule has 0 aromatic heterocycles. The SMILES string of the molecule is CCNC(Cc1ccc(Br)cc1)C1CN2CCCC2CO1. The number of nitrogens with zero attached hydrogens (tertiary/aromatic N) is 1. The Bertz CT molecular complexity index is 451. The summed E-state index contributed by atoms with van der Waals surface area (Å²) in [5.41, 5.74) is 1.37. The smallest absolute Gasteiger partial charge is 0.0858 e. The first-order valence-corrected chi connectivity index (χ1v) is 8.89. The van der Waals surface area contributed by atoms with E-state index in [4.69, 9.17) is 4.74 Å². The minimum absolute atomic E-state index is 0.308. The second kappa shape index (κ2) is 7.23. The monoisotopic (exact) mass is 352 g/mol. The van der Waals surface area contributed by atoms with Crippen molar-refractivity contribution in [2.24, 2.45) is 0 Å². The van der Waals surface area contributed by atoms with Gasteiger partial charge in [-0.2, -0.15) is 0 Å². The summed E-state index contributed by atoms with van der Waals surface area (Å²) in [6.07, 6.45) is 3.98. The van der Waals surface area contributed by atoms with Crippen LogP contribution in [-0.2, 0) is 11.2 Å². The molecule has 2 saturated heterocycles. The number of benzene rings is 1. The third-order valence-electron chi connectivity index (χ3n) is 4.70. The highest BCUT2D eigenvalue weighted by Crippen LogP contribution is 2.25. The van der Waals surface area contributed by atoms with Crippen molar-refractivity contribution in [2.45, 2.75) is 44.4 Å². The van der Waals surface area contributed by atoms with E-state index in [2.05, 4.69) is 57.3 Å². The summed E-state index contributed by atoms with van der Waals surface area (Å²) >= 11 is 3.50. The highest BCUT2D eigenvalue weighted by Gasteiger charge is 2.35. The van der Waals surface area contributed by atoms with E-state index in [0.29, 0.717) is 18.2 Å². The topological polar surface area (TPSA) is 24.5 Å². The van der Waals surface area contributed by atoms with Crippen LogP contribution in [0.3, 0.4) is 0 Å². The van der Waals surface area contributed by atoms with Crippen LogP contribution in [0.25, 0.3) is 0 Å². The Hall–Kier alpha value is -0.420. The standard InChI is InChI=1S/C17H25BrN2O/c1-2-19-16(10-13-5-7-14(18)8-6-13)17-11-20-9-3-4-15(20)12-21-17/h5-8,15-17,19H,2-4,9-12H2,1H3. The van der Waals surface area contributed by atoms with Gasteiger partial charge in [-0.15, -0.1) is 0 Å². The lowest BCUT2D eigenvalue weighted by Gasteiger charge is -2.39. The first kappa shape index (κ1) is 15.5. The van der Waals surface area contributed by atoms with E-state index < -0.39 is 0 Å². The molecule has 3 nitrogen and oxygen atoms in total. The number of hydrogen-bond acceptors (Lipinski definition) is 3. The molecule has 2 aliphatic rings. The molecule has 4 heteroatoms. The van der Waals surface area contributed by atoms with Crippen LogP contribution in [0, 0.1) is 0 Å². The summed E-state index contributed by atoms with van der Waals surface area (Å²) in [6, 6.07) is 9.73. The molecule has 0 radical (unpaired) electrons. The Labute approximate surface area is 136 Å². The molecular formula is C17H25BrN2O. The van der Waals surface area contributed by atoms with E-state index in [1.54, 1.807) is 0 Å². The third kappa shape index (κ3) is 3.86. The number of likely N-dealkylation sites (N-methyl/N-ethyl adjacent to an activating group) is 1. The van der Waals surface area contributed by atoms with Gasteiger partial charge in [-0.05, 0) is 50.0 Å². The van der Waals surface area contributed by atoms with Crippen molar-refractivity contribution in [1.82, 2.24) is 10.2 Å². The Balaban J connectivity index is 1.64. The lowest BCUT2D eigenvalue weighted by atomic mass is 9.99. The summed E-state index contributed by atoms with van der Waals surface area (Å²) < 4.78 is 7.33. The van der Waals surface area contributed by atoms with Gasteiger partial charge < -0.3 is 10.1 Å². The minimum Gasteiger partial charge on any atom is -0.374 e. The number of fused-ring (bicyclic) bond motifs is 1. The summed E-state index contributed by atoms with van der Waals surface area (Å²) in [4.78, 5) is 2.63. The van der Waals surface area contributed by atoms with Crippen LogP contribution in [0.2, 0.25) is 0 Å². The van der Waals surface area contributed by atoms with E-state index in [9.17, 15) is 0 Å². The van der Waals surface area contributed by atoms with E-state index in [0.717, 1.165) is 30.6 Å². The first-order chi connectivity index (χ1) is 10.3. The molecule has 0 bridgehead atoms. The fourth-order valence-electron chi connectivity index (χ4n) is 3.56. The maximum atomic E-state index is 6.19. The fourth-order valence-corrected chi connectivity index (χ4v) is 3.82. The van der Waals surface area contributed by atoms with Gasteiger partial charge in [0.05, 0.1) is 12.7 Å². The second-order valence-electron chi connectivity index (χ2n) is 6.16. The van der Waals surface area contributed by atoms with Gasteiger partial charge in [0.25, 0.3) is 0 Å². The van der Waals surface area contributed by atoms with E-state index in [-0.39, 0.29) is 0 Å². The Kier molecular flexibility index (Phi) is 5.33. The molecule has 1 aromatic carbocycles. The number of nitrogens with one attached hydrogen (secondary N) is 1. The molecule has 21 heavy (non-hydrogen) atoms. The van der Waals surface area contributed by atoms with E-state index >= 15 is 0 Å². The van der Waals surface area contributed by atoms with Crippen LogP contribution in [0.5, 0.6) is 0 Å². The summed E-state index contributed by atoms with van der Waals surface area (Å²) in [5, 5.41) is 3.63. The number of morpholine rings is 1.